The molecule has 0 amide bonds. The van der Waals surface area contributed by atoms with Crippen molar-refractivity contribution >= 4 is 39.5 Å². The van der Waals surface area contributed by atoms with E-state index in [4.69, 9.17) is 37.0 Å². The molecule has 0 aromatic rings. The molecule has 0 aliphatic rings. The highest BCUT2D eigenvalue weighted by atomic mass is 31.2. The van der Waals surface area contributed by atoms with Crippen LogP contribution in [0.1, 0.15) is 402 Å². The molecule has 0 saturated carbocycles. The van der Waals surface area contributed by atoms with Gasteiger partial charge in [0.25, 0.3) is 0 Å². The molecular formula is C79H154O17P2. The second kappa shape index (κ2) is 68.2. The summed E-state index contributed by atoms with van der Waals surface area (Å²) in [6.07, 6.45) is 53.9. The molecule has 0 radical (unpaired) electrons. The molecule has 3 N–H and O–H groups in total. The number of carbonyl (C=O) groups is 4. The Kier molecular flexibility index (Phi) is 66.8. The predicted octanol–water partition coefficient (Wildman–Crippen LogP) is 23.2. The smallest absolute Gasteiger partial charge is 0.462 e. The van der Waals surface area contributed by atoms with E-state index in [2.05, 4.69) is 55.4 Å². The van der Waals surface area contributed by atoms with Crippen molar-refractivity contribution < 1.29 is 80.2 Å². The molecule has 0 aliphatic heterocycles. The Morgan fingerprint density at radius 3 is 0.724 bits per heavy atom. The van der Waals surface area contributed by atoms with Crippen LogP contribution in [0.15, 0.2) is 0 Å². The number of hydrogen-bond donors (Lipinski definition) is 3. The van der Waals surface area contributed by atoms with Gasteiger partial charge < -0.3 is 33.8 Å². The maximum Gasteiger partial charge on any atom is 0.472 e. The van der Waals surface area contributed by atoms with Gasteiger partial charge >= 0.3 is 39.5 Å². The van der Waals surface area contributed by atoms with E-state index < -0.39 is 97.5 Å². The average molecular weight is 1440 g/mol. The van der Waals surface area contributed by atoms with Gasteiger partial charge in [0.2, 0.25) is 0 Å². The Morgan fingerprint density at radius 2 is 0.490 bits per heavy atom. The van der Waals surface area contributed by atoms with Gasteiger partial charge in [0, 0.05) is 25.7 Å². The lowest BCUT2D eigenvalue weighted by molar-refractivity contribution is -0.161. The summed E-state index contributed by atoms with van der Waals surface area (Å²) in [7, 11) is -9.92. The second-order valence-corrected chi connectivity index (χ2v) is 33.0. The SMILES string of the molecule is CCC(C)CCCCCCCCCCC(=O)OC[C@H](COP(=O)(O)OC[C@H](O)COP(=O)(O)OC[C@@H](COC(=O)CCCCCCCCCCCCCCC(C)C)OC(=O)CCCCCCCCCCCCCCCCC(C)C)OC(=O)CCCCCCCCCCCCCC(C)C. The summed E-state index contributed by atoms with van der Waals surface area (Å²) >= 11 is 0. The maximum atomic E-state index is 13.1. The van der Waals surface area contributed by atoms with Gasteiger partial charge in [0.05, 0.1) is 26.4 Å². The summed E-state index contributed by atoms with van der Waals surface area (Å²) < 4.78 is 68.7. The highest BCUT2D eigenvalue weighted by Crippen LogP contribution is 2.45. The lowest BCUT2D eigenvalue weighted by atomic mass is 9.99. The molecule has 17 nitrogen and oxygen atoms in total. The van der Waals surface area contributed by atoms with Crippen molar-refractivity contribution in [2.75, 3.05) is 39.6 Å². The number of esters is 4. The number of phosphoric acid groups is 2. The minimum atomic E-state index is -4.96. The largest absolute Gasteiger partial charge is 0.472 e. The van der Waals surface area contributed by atoms with Crippen LogP contribution in [-0.4, -0.2) is 96.7 Å². The first kappa shape index (κ1) is 96.1. The first-order valence-corrected chi connectivity index (χ1v) is 43.7. The number of aliphatic hydroxyl groups is 1. The highest BCUT2D eigenvalue weighted by Gasteiger charge is 2.30. The van der Waals surface area contributed by atoms with Gasteiger partial charge in [-0.15, -0.1) is 0 Å². The molecule has 0 bridgehead atoms. The number of rotatable bonds is 76. The molecule has 6 atom stereocenters. The van der Waals surface area contributed by atoms with Crippen molar-refractivity contribution in [3.8, 4) is 0 Å². The van der Waals surface area contributed by atoms with Crippen molar-refractivity contribution in [3.05, 3.63) is 0 Å². The molecule has 0 rings (SSSR count). The van der Waals surface area contributed by atoms with Crippen LogP contribution in [0.2, 0.25) is 0 Å². The number of hydrogen-bond acceptors (Lipinski definition) is 15. The number of aliphatic hydroxyl groups excluding tert-OH is 1. The van der Waals surface area contributed by atoms with E-state index in [-0.39, 0.29) is 25.7 Å². The van der Waals surface area contributed by atoms with E-state index in [1.165, 1.54) is 205 Å². The normalized spacial score (nSPS) is 14.3. The number of unbranched alkanes of at least 4 members (excludes halogenated alkanes) is 41. The quantitative estimate of drug-likeness (QED) is 0.0222. The summed E-state index contributed by atoms with van der Waals surface area (Å²) in [5, 5.41) is 10.6. The average Bonchev–Trinajstić information content (AvgIpc) is 1.18. The van der Waals surface area contributed by atoms with Crippen LogP contribution in [0, 0.1) is 23.7 Å². The summed E-state index contributed by atoms with van der Waals surface area (Å²) in [6.45, 7) is 14.3. The van der Waals surface area contributed by atoms with E-state index in [1.807, 2.05) is 0 Å². The number of carbonyl (C=O) groups excluding carboxylic acids is 4. The second-order valence-electron chi connectivity index (χ2n) is 30.1. The minimum Gasteiger partial charge on any atom is -0.462 e. The molecule has 3 unspecified atom stereocenters. The first-order valence-electron chi connectivity index (χ1n) is 40.7. The molecule has 0 aliphatic carbocycles. The van der Waals surface area contributed by atoms with E-state index in [1.54, 1.807) is 0 Å². The van der Waals surface area contributed by atoms with Crippen LogP contribution in [0.5, 0.6) is 0 Å². The van der Waals surface area contributed by atoms with Gasteiger partial charge in [-0.25, -0.2) is 9.13 Å². The van der Waals surface area contributed by atoms with Gasteiger partial charge in [0.1, 0.15) is 19.3 Å². The van der Waals surface area contributed by atoms with E-state index >= 15 is 0 Å². The predicted molar refractivity (Wildman–Crippen MR) is 400 cm³/mol. The molecule has 0 saturated heterocycles. The van der Waals surface area contributed by atoms with Crippen molar-refractivity contribution in [3.63, 3.8) is 0 Å². The van der Waals surface area contributed by atoms with Crippen molar-refractivity contribution in [2.45, 2.75) is 420 Å². The highest BCUT2D eigenvalue weighted by molar-refractivity contribution is 7.47. The topological polar surface area (TPSA) is 237 Å². The Morgan fingerprint density at radius 1 is 0.286 bits per heavy atom. The van der Waals surface area contributed by atoms with Gasteiger partial charge in [-0.1, -0.05) is 351 Å². The van der Waals surface area contributed by atoms with Gasteiger partial charge in [-0.2, -0.15) is 0 Å². The zero-order valence-corrected chi connectivity index (χ0v) is 66.2. The zero-order chi connectivity index (χ0) is 72.4. The summed E-state index contributed by atoms with van der Waals surface area (Å²) in [5.41, 5.74) is 0. The minimum absolute atomic E-state index is 0.106. The fourth-order valence-electron chi connectivity index (χ4n) is 12.0. The van der Waals surface area contributed by atoms with Crippen LogP contribution in [0.4, 0.5) is 0 Å². The molecule has 0 fully saturated rings. The van der Waals surface area contributed by atoms with Crippen LogP contribution in [-0.2, 0) is 65.4 Å². The number of phosphoric ester groups is 2. The molecule has 0 aromatic heterocycles. The Balaban J connectivity index is 5.28. The lowest BCUT2D eigenvalue weighted by Crippen LogP contribution is -2.30. The van der Waals surface area contributed by atoms with Crippen molar-refractivity contribution in [1.29, 1.82) is 0 Å². The Bertz CT molecular complexity index is 1920. The third kappa shape index (κ3) is 71.1. The van der Waals surface area contributed by atoms with Crippen LogP contribution < -0.4 is 0 Å². The summed E-state index contributed by atoms with van der Waals surface area (Å²) in [6, 6.07) is 0. The van der Waals surface area contributed by atoms with E-state index in [0.29, 0.717) is 25.7 Å². The lowest BCUT2D eigenvalue weighted by Gasteiger charge is -2.21. The molecule has 582 valence electrons. The molecular weight excluding hydrogens is 1280 g/mol. The fraction of sp³-hybridized carbons (Fsp3) is 0.949. The molecule has 0 heterocycles. The van der Waals surface area contributed by atoms with E-state index in [0.717, 1.165) is 114 Å². The van der Waals surface area contributed by atoms with Gasteiger partial charge in [0.15, 0.2) is 12.2 Å². The Hall–Kier alpha value is -1.94. The third-order valence-corrected chi connectivity index (χ3v) is 20.6. The van der Waals surface area contributed by atoms with Gasteiger partial charge in [-0.05, 0) is 49.4 Å². The maximum absolute atomic E-state index is 13.1. The third-order valence-electron chi connectivity index (χ3n) is 18.7. The van der Waals surface area contributed by atoms with Crippen LogP contribution in [0.3, 0.4) is 0 Å². The fourth-order valence-corrected chi connectivity index (χ4v) is 13.6. The molecule has 98 heavy (non-hydrogen) atoms. The van der Waals surface area contributed by atoms with Crippen LogP contribution in [0.25, 0.3) is 0 Å². The zero-order valence-electron chi connectivity index (χ0n) is 64.4. The standard InChI is InChI=1S/C79H154O17P2/c1-9-72(8)58-50-42-34-29-30-36-44-52-60-77(82)90-66-75(96-79(84)62-54-46-38-28-22-16-19-25-33-41-49-57-71(6)7)68-94-98(87,88)92-64-73(80)63-91-97(85,86)93-67-74(65-89-76(81)59-51-43-35-26-20-15-14-18-24-32-40-48-56-70(4)5)95-78(83)61-53-45-37-27-21-13-11-10-12-17-23-31-39-47-55-69(2)3/h69-75,80H,9-68H2,1-8H3,(H,85,86)(H,87,88)/t72?,73-,74-,75-/m1/s1. The van der Waals surface area contributed by atoms with Crippen molar-refractivity contribution in [1.82, 2.24) is 0 Å². The van der Waals surface area contributed by atoms with Gasteiger partial charge in [-0.3, -0.25) is 37.3 Å². The molecule has 0 aromatic carbocycles. The molecule has 19 heteroatoms. The van der Waals surface area contributed by atoms with Crippen LogP contribution >= 0.6 is 15.6 Å². The molecule has 0 spiro atoms. The Labute approximate surface area is 600 Å². The summed E-state index contributed by atoms with van der Waals surface area (Å²) in [5.74, 6) is 1.00. The first-order chi connectivity index (χ1) is 47.1. The number of ether oxygens (including phenoxy) is 4. The monoisotopic (exact) mass is 1440 g/mol. The van der Waals surface area contributed by atoms with E-state index in [9.17, 15) is 43.2 Å². The van der Waals surface area contributed by atoms with Crippen molar-refractivity contribution in [2.24, 2.45) is 23.7 Å². The summed E-state index contributed by atoms with van der Waals surface area (Å²) in [4.78, 5) is 73.0.